The fourth-order valence-corrected chi connectivity index (χ4v) is 1.58. The van der Waals surface area contributed by atoms with Crippen molar-refractivity contribution >= 4 is 11.5 Å². The van der Waals surface area contributed by atoms with Crippen molar-refractivity contribution < 1.29 is 4.79 Å². The molecule has 0 bridgehead atoms. The maximum Gasteiger partial charge on any atom is 0.183 e. The lowest BCUT2D eigenvalue weighted by Crippen LogP contribution is -2.00. The van der Waals surface area contributed by atoms with Gasteiger partial charge in [0.25, 0.3) is 0 Å². The summed E-state index contributed by atoms with van der Waals surface area (Å²) in [6.45, 7) is 4.72. The minimum Gasteiger partial charge on any atom is -0.377 e. The molecule has 0 fully saturated rings. The Bertz CT molecular complexity index is 355. The van der Waals surface area contributed by atoms with Crippen LogP contribution in [0, 0.1) is 0 Å². The Labute approximate surface area is 78.0 Å². The molecule has 0 saturated heterocycles. The van der Waals surface area contributed by atoms with E-state index in [1.165, 1.54) is 5.56 Å². The van der Waals surface area contributed by atoms with Crippen LogP contribution in [0.3, 0.4) is 0 Å². The first-order chi connectivity index (χ1) is 6.18. The van der Waals surface area contributed by atoms with E-state index in [0.29, 0.717) is 12.5 Å². The Hall–Kier alpha value is -1.31. The van der Waals surface area contributed by atoms with Crippen molar-refractivity contribution in [3.05, 3.63) is 29.3 Å². The van der Waals surface area contributed by atoms with Crippen LogP contribution in [0.1, 0.15) is 35.7 Å². The number of rotatable bonds is 1. The number of hydrogen-bond acceptors (Lipinski definition) is 2. The van der Waals surface area contributed by atoms with E-state index in [0.717, 1.165) is 11.3 Å². The summed E-state index contributed by atoms with van der Waals surface area (Å²) in [6.07, 6.45) is 0. The molecule has 0 aromatic heterocycles. The average molecular weight is 175 g/mol. The summed E-state index contributed by atoms with van der Waals surface area (Å²) in [6, 6.07) is 6.08. The third-order valence-corrected chi connectivity index (χ3v) is 2.45. The molecule has 0 radical (unpaired) electrons. The smallest absolute Gasteiger partial charge is 0.183 e. The molecule has 1 N–H and O–H groups in total. The van der Waals surface area contributed by atoms with E-state index in [1.54, 1.807) is 0 Å². The molecule has 0 atom stereocenters. The highest BCUT2D eigenvalue weighted by molar-refractivity contribution is 6.08. The minimum atomic E-state index is 0.206. The van der Waals surface area contributed by atoms with Crippen LogP contribution in [0.25, 0.3) is 0 Å². The quantitative estimate of drug-likeness (QED) is 0.710. The SMILES string of the molecule is CC(C)c1ccc2c(c1)C(=O)CN2. The fourth-order valence-electron chi connectivity index (χ4n) is 1.58. The summed E-state index contributed by atoms with van der Waals surface area (Å²) in [5.41, 5.74) is 3.07. The van der Waals surface area contributed by atoms with Crippen LogP contribution in [-0.2, 0) is 0 Å². The van der Waals surface area contributed by atoms with Gasteiger partial charge in [-0.05, 0) is 23.6 Å². The molecule has 1 aliphatic rings. The van der Waals surface area contributed by atoms with Crippen LogP contribution in [0.15, 0.2) is 18.2 Å². The number of fused-ring (bicyclic) bond motifs is 1. The molecular weight excluding hydrogens is 162 g/mol. The second-order valence-corrected chi connectivity index (χ2v) is 3.74. The number of Topliss-reactive ketones (excluding diaryl/α,β-unsaturated/α-hetero) is 1. The van der Waals surface area contributed by atoms with Gasteiger partial charge in [0.1, 0.15) is 0 Å². The first kappa shape index (κ1) is 8.30. The van der Waals surface area contributed by atoms with Crippen molar-refractivity contribution in [2.45, 2.75) is 19.8 Å². The van der Waals surface area contributed by atoms with Crippen LogP contribution in [0.5, 0.6) is 0 Å². The summed E-state index contributed by atoms with van der Waals surface area (Å²) in [7, 11) is 0. The van der Waals surface area contributed by atoms with Crippen molar-refractivity contribution in [1.82, 2.24) is 0 Å². The number of hydrogen-bond donors (Lipinski definition) is 1. The van der Waals surface area contributed by atoms with E-state index < -0.39 is 0 Å². The lowest BCUT2D eigenvalue weighted by Gasteiger charge is -2.06. The first-order valence-electron chi connectivity index (χ1n) is 4.59. The van der Waals surface area contributed by atoms with Gasteiger partial charge in [0.05, 0.1) is 6.54 Å². The molecule has 0 amide bonds. The van der Waals surface area contributed by atoms with E-state index in [4.69, 9.17) is 0 Å². The summed E-state index contributed by atoms with van der Waals surface area (Å²) in [5.74, 6) is 0.691. The van der Waals surface area contributed by atoms with Gasteiger partial charge in [-0.3, -0.25) is 4.79 Å². The fraction of sp³-hybridized carbons (Fsp3) is 0.364. The molecule has 1 aliphatic heterocycles. The predicted molar refractivity (Wildman–Crippen MR) is 53.4 cm³/mol. The van der Waals surface area contributed by atoms with Gasteiger partial charge in [0.2, 0.25) is 0 Å². The molecule has 2 nitrogen and oxygen atoms in total. The van der Waals surface area contributed by atoms with Gasteiger partial charge in [0.15, 0.2) is 5.78 Å². The Morgan fingerprint density at radius 3 is 2.85 bits per heavy atom. The highest BCUT2D eigenvalue weighted by Gasteiger charge is 2.18. The molecule has 13 heavy (non-hydrogen) atoms. The van der Waals surface area contributed by atoms with Gasteiger partial charge >= 0.3 is 0 Å². The zero-order valence-corrected chi connectivity index (χ0v) is 7.92. The first-order valence-corrected chi connectivity index (χ1v) is 4.59. The third-order valence-electron chi connectivity index (χ3n) is 2.45. The van der Waals surface area contributed by atoms with Gasteiger partial charge in [-0.25, -0.2) is 0 Å². The summed E-state index contributed by atoms with van der Waals surface area (Å²) in [5, 5.41) is 3.07. The molecular formula is C11H13NO. The molecule has 0 spiro atoms. The molecule has 1 aromatic carbocycles. The Kier molecular flexibility index (Phi) is 1.83. The molecule has 0 saturated carbocycles. The minimum absolute atomic E-state index is 0.206. The highest BCUT2D eigenvalue weighted by atomic mass is 16.1. The lowest BCUT2D eigenvalue weighted by atomic mass is 9.99. The van der Waals surface area contributed by atoms with Crippen LogP contribution in [0.2, 0.25) is 0 Å². The van der Waals surface area contributed by atoms with Crippen molar-refractivity contribution in [3.63, 3.8) is 0 Å². The Morgan fingerprint density at radius 2 is 2.15 bits per heavy atom. The zero-order valence-electron chi connectivity index (χ0n) is 7.92. The summed E-state index contributed by atoms with van der Waals surface area (Å²) in [4.78, 5) is 11.4. The van der Waals surface area contributed by atoms with E-state index in [9.17, 15) is 4.79 Å². The number of ketones is 1. The van der Waals surface area contributed by atoms with Gasteiger partial charge in [-0.2, -0.15) is 0 Å². The normalized spacial score (nSPS) is 14.5. The largest absolute Gasteiger partial charge is 0.377 e. The number of benzene rings is 1. The molecule has 1 heterocycles. The molecule has 2 heteroatoms. The number of carbonyl (C=O) groups excluding carboxylic acids is 1. The second-order valence-electron chi connectivity index (χ2n) is 3.74. The zero-order chi connectivity index (χ0) is 9.42. The average Bonchev–Trinajstić information content (AvgIpc) is 2.47. The third kappa shape index (κ3) is 1.32. The molecule has 1 aromatic rings. The van der Waals surface area contributed by atoms with Crippen LogP contribution >= 0.6 is 0 Å². The number of anilines is 1. The summed E-state index contributed by atoms with van der Waals surface area (Å²) >= 11 is 0. The van der Waals surface area contributed by atoms with E-state index >= 15 is 0 Å². The predicted octanol–water partition coefficient (Wildman–Crippen LogP) is 2.42. The Balaban J connectivity index is 2.48. The van der Waals surface area contributed by atoms with E-state index in [-0.39, 0.29) is 5.78 Å². The van der Waals surface area contributed by atoms with Crippen LogP contribution in [-0.4, -0.2) is 12.3 Å². The highest BCUT2D eigenvalue weighted by Crippen LogP contribution is 2.26. The van der Waals surface area contributed by atoms with Gasteiger partial charge in [-0.15, -0.1) is 0 Å². The number of nitrogens with one attached hydrogen (secondary N) is 1. The van der Waals surface area contributed by atoms with E-state index in [2.05, 4.69) is 25.2 Å². The van der Waals surface area contributed by atoms with Crippen molar-refractivity contribution in [3.8, 4) is 0 Å². The lowest BCUT2D eigenvalue weighted by molar-refractivity contribution is 0.101. The topological polar surface area (TPSA) is 29.1 Å². The van der Waals surface area contributed by atoms with Crippen LogP contribution in [0.4, 0.5) is 5.69 Å². The van der Waals surface area contributed by atoms with Crippen molar-refractivity contribution in [2.24, 2.45) is 0 Å². The van der Waals surface area contributed by atoms with Crippen LogP contribution < -0.4 is 5.32 Å². The van der Waals surface area contributed by atoms with Gasteiger partial charge in [-0.1, -0.05) is 19.9 Å². The van der Waals surface area contributed by atoms with Crippen molar-refractivity contribution in [2.75, 3.05) is 11.9 Å². The standard InChI is InChI=1S/C11H13NO/c1-7(2)8-3-4-10-9(5-8)11(13)6-12-10/h3-5,7,12H,6H2,1-2H3. The molecule has 0 aliphatic carbocycles. The van der Waals surface area contributed by atoms with Gasteiger partial charge < -0.3 is 5.32 Å². The van der Waals surface area contributed by atoms with E-state index in [1.807, 2.05) is 12.1 Å². The monoisotopic (exact) mass is 175 g/mol. The Morgan fingerprint density at radius 1 is 1.38 bits per heavy atom. The maximum atomic E-state index is 11.4. The number of carbonyl (C=O) groups is 1. The second kappa shape index (κ2) is 2.87. The molecule has 0 unspecified atom stereocenters. The summed E-state index contributed by atoms with van der Waals surface area (Å²) < 4.78 is 0. The van der Waals surface area contributed by atoms with Gasteiger partial charge in [0, 0.05) is 11.3 Å². The molecule has 68 valence electrons. The van der Waals surface area contributed by atoms with Crippen molar-refractivity contribution in [1.29, 1.82) is 0 Å². The molecule has 2 rings (SSSR count). The maximum absolute atomic E-state index is 11.4.